The van der Waals surface area contributed by atoms with E-state index in [2.05, 4.69) is 5.32 Å². The number of halogens is 2. The Labute approximate surface area is 105 Å². The lowest BCUT2D eigenvalue weighted by Crippen LogP contribution is -2.12. The van der Waals surface area contributed by atoms with E-state index in [0.717, 1.165) is 23.2 Å². The highest BCUT2D eigenvalue weighted by molar-refractivity contribution is 5.67. The molecule has 2 aromatic carbocycles. The Bertz CT molecular complexity index is 521. The van der Waals surface area contributed by atoms with Gasteiger partial charge in [0.1, 0.15) is 11.6 Å². The van der Waals surface area contributed by atoms with Crippen molar-refractivity contribution in [3.63, 3.8) is 0 Å². The standard InChI is InChI=1S/C15H15F2N/c1-2-18-10-12-5-8-14(17)9-15(12)11-3-6-13(16)7-4-11/h3-9,18H,2,10H2,1H3. The second kappa shape index (κ2) is 5.74. The number of benzene rings is 2. The molecule has 0 bridgehead atoms. The van der Waals surface area contributed by atoms with Crippen LogP contribution in [0.25, 0.3) is 11.1 Å². The Morgan fingerprint density at radius 2 is 1.61 bits per heavy atom. The summed E-state index contributed by atoms with van der Waals surface area (Å²) in [6.07, 6.45) is 0. The summed E-state index contributed by atoms with van der Waals surface area (Å²) < 4.78 is 26.2. The minimum absolute atomic E-state index is 0.283. The van der Waals surface area contributed by atoms with Crippen LogP contribution in [0.5, 0.6) is 0 Å². The van der Waals surface area contributed by atoms with Gasteiger partial charge in [-0.3, -0.25) is 0 Å². The lowest BCUT2D eigenvalue weighted by molar-refractivity contribution is 0.626. The Hall–Kier alpha value is -1.74. The van der Waals surface area contributed by atoms with Crippen LogP contribution in [0, 0.1) is 11.6 Å². The first-order valence-electron chi connectivity index (χ1n) is 5.96. The van der Waals surface area contributed by atoms with Crippen molar-refractivity contribution in [3.05, 3.63) is 59.7 Å². The van der Waals surface area contributed by atoms with E-state index in [9.17, 15) is 8.78 Å². The Morgan fingerprint density at radius 1 is 0.944 bits per heavy atom. The first-order chi connectivity index (χ1) is 8.70. The number of hydrogen-bond donors (Lipinski definition) is 1. The van der Waals surface area contributed by atoms with Crippen LogP contribution in [0.3, 0.4) is 0 Å². The fraction of sp³-hybridized carbons (Fsp3) is 0.200. The highest BCUT2D eigenvalue weighted by atomic mass is 19.1. The summed E-state index contributed by atoms with van der Waals surface area (Å²) in [5.41, 5.74) is 2.63. The maximum absolute atomic E-state index is 13.3. The van der Waals surface area contributed by atoms with Gasteiger partial charge >= 0.3 is 0 Å². The average Bonchev–Trinajstić information content (AvgIpc) is 2.38. The van der Waals surface area contributed by atoms with E-state index in [0.29, 0.717) is 6.54 Å². The van der Waals surface area contributed by atoms with Crippen molar-refractivity contribution in [2.45, 2.75) is 13.5 Å². The second-order valence-electron chi connectivity index (χ2n) is 4.09. The maximum atomic E-state index is 13.3. The Morgan fingerprint density at radius 3 is 2.28 bits per heavy atom. The molecule has 0 aliphatic heterocycles. The van der Waals surface area contributed by atoms with Crippen LogP contribution >= 0.6 is 0 Å². The van der Waals surface area contributed by atoms with Crippen LogP contribution in [0.4, 0.5) is 8.78 Å². The molecule has 0 aliphatic carbocycles. The third-order valence-electron chi connectivity index (χ3n) is 2.79. The van der Waals surface area contributed by atoms with Gasteiger partial charge in [0.15, 0.2) is 0 Å². The first-order valence-corrected chi connectivity index (χ1v) is 5.96. The zero-order valence-electron chi connectivity index (χ0n) is 10.2. The minimum Gasteiger partial charge on any atom is -0.313 e. The van der Waals surface area contributed by atoms with Crippen molar-refractivity contribution in [3.8, 4) is 11.1 Å². The van der Waals surface area contributed by atoms with Gasteiger partial charge in [0.05, 0.1) is 0 Å². The molecule has 94 valence electrons. The zero-order valence-corrected chi connectivity index (χ0v) is 10.2. The summed E-state index contributed by atoms with van der Waals surface area (Å²) in [5.74, 6) is -0.571. The highest BCUT2D eigenvalue weighted by Crippen LogP contribution is 2.25. The van der Waals surface area contributed by atoms with Gasteiger partial charge < -0.3 is 5.32 Å². The summed E-state index contributed by atoms with van der Waals surface area (Å²) in [6, 6.07) is 10.8. The number of rotatable bonds is 4. The van der Waals surface area contributed by atoms with Gasteiger partial charge in [0, 0.05) is 6.54 Å². The molecule has 0 radical (unpaired) electrons. The van der Waals surface area contributed by atoms with E-state index < -0.39 is 0 Å². The first kappa shape index (κ1) is 12.7. The SMILES string of the molecule is CCNCc1ccc(F)cc1-c1ccc(F)cc1. The smallest absolute Gasteiger partial charge is 0.123 e. The minimum atomic E-state index is -0.289. The van der Waals surface area contributed by atoms with E-state index in [4.69, 9.17) is 0 Å². The molecule has 0 amide bonds. The summed E-state index contributed by atoms with van der Waals surface area (Å²) in [7, 11) is 0. The predicted octanol–water partition coefficient (Wildman–Crippen LogP) is 3.74. The molecule has 1 N–H and O–H groups in total. The molecular formula is C15H15F2N. The monoisotopic (exact) mass is 247 g/mol. The third kappa shape index (κ3) is 2.93. The molecule has 0 aliphatic rings. The largest absolute Gasteiger partial charge is 0.313 e. The van der Waals surface area contributed by atoms with Gasteiger partial charge in [-0.15, -0.1) is 0 Å². The molecule has 0 unspecified atom stereocenters. The van der Waals surface area contributed by atoms with Crippen molar-refractivity contribution in [1.82, 2.24) is 5.32 Å². The lowest BCUT2D eigenvalue weighted by Gasteiger charge is -2.10. The highest BCUT2D eigenvalue weighted by Gasteiger charge is 2.06. The van der Waals surface area contributed by atoms with Gasteiger partial charge in [-0.05, 0) is 47.5 Å². The normalized spacial score (nSPS) is 10.6. The molecule has 3 heteroatoms. The summed E-state index contributed by atoms with van der Waals surface area (Å²) in [6.45, 7) is 3.53. The van der Waals surface area contributed by atoms with E-state index in [-0.39, 0.29) is 11.6 Å². The van der Waals surface area contributed by atoms with Gasteiger partial charge in [-0.1, -0.05) is 25.1 Å². The third-order valence-corrected chi connectivity index (χ3v) is 2.79. The number of nitrogens with one attached hydrogen (secondary N) is 1. The van der Waals surface area contributed by atoms with Crippen LogP contribution in [-0.4, -0.2) is 6.54 Å². The molecule has 0 spiro atoms. The molecule has 0 heterocycles. The van der Waals surface area contributed by atoms with Crippen LogP contribution in [0.1, 0.15) is 12.5 Å². The van der Waals surface area contributed by atoms with Gasteiger partial charge in [0.25, 0.3) is 0 Å². The lowest BCUT2D eigenvalue weighted by atomic mass is 9.99. The van der Waals surface area contributed by atoms with Crippen LogP contribution in [-0.2, 0) is 6.54 Å². The quantitative estimate of drug-likeness (QED) is 0.867. The summed E-state index contributed by atoms with van der Waals surface area (Å²) >= 11 is 0. The van der Waals surface area contributed by atoms with Crippen LogP contribution < -0.4 is 5.32 Å². The second-order valence-corrected chi connectivity index (χ2v) is 4.09. The van der Waals surface area contributed by atoms with Gasteiger partial charge in [-0.2, -0.15) is 0 Å². The molecule has 2 aromatic rings. The van der Waals surface area contributed by atoms with E-state index in [1.807, 2.05) is 6.92 Å². The molecule has 0 saturated carbocycles. The van der Waals surface area contributed by atoms with Crippen molar-refractivity contribution < 1.29 is 8.78 Å². The molecule has 0 atom stereocenters. The van der Waals surface area contributed by atoms with Crippen molar-refractivity contribution in [1.29, 1.82) is 0 Å². The van der Waals surface area contributed by atoms with E-state index in [1.165, 1.54) is 24.3 Å². The molecule has 0 fully saturated rings. The van der Waals surface area contributed by atoms with E-state index >= 15 is 0 Å². The van der Waals surface area contributed by atoms with Crippen molar-refractivity contribution in [2.75, 3.05) is 6.54 Å². The van der Waals surface area contributed by atoms with Gasteiger partial charge in [-0.25, -0.2) is 8.78 Å². The zero-order chi connectivity index (χ0) is 13.0. The molecule has 2 rings (SSSR count). The van der Waals surface area contributed by atoms with Gasteiger partial charge in [0.2, 0.25) is 0 Å². The molecule has 0 aromatic heterocycles. The average molecular weight is 247 g/mol. The molecular weight excluding hydrogens is 232 g/mol. The summed E-state index contributed by atoms with van der Waals surface area (Å²) in [5, 5.41) is 3.21. The van der Waals surface area contributed by atoms with Crippen LogP contribution in [0.2, 0.25) is 0 Å². The topological polar surface area (TPSA) is 12.0 Å². The molecule has 18 heavy (non-hydrogen) atoms. The predicted molar refractivity (Wildman–Crippen MR) is 69.2 cm³/mol. The fourth-order valence-corrected chi connectivity index (χ4v) is 1.86. The van der Waals surface area contributed by atoms with Crippen molar-refractivity contribution in [2.24, 2.45) is 0 Å². The van der Waals surface area contributed by atoms with E-state index in [1.54, 1.807) is 18.2 Å². The maximum Gasteiger partial charge on any atom is 0.123 e. The Kier molecular flexibility index (Phi) is 4.05. The van der Waals surface area contributed by atoms with Crippen molar-refractivity contribution >= 4 is 0 Å². The fourth-order valence-electron chi connectivity index (χ4n) is 1.86. The molecule has 1 nitrogen and oxygen atoms in total. The molecule has 0 saturated heterocycles. The van der Waals surface area contributed by atoms with Crippen LogP contribution in [0.15, 0.2) is 42.5 Å². The number of hydrogen-bond acceptors (Lipinski definition) is 1. The Balaban J connectivity index is 2.40. The summed E-state index contributed by atoms with van der Waals surface area (Å²) in [4.78, 5) is 0.